The van der Waals surface area contributed by atoms with E-state index in [0.29, 0.717) is 28.1 Å². The van der Waals surface area contributed by atoms with Crippen molar-refractivity contribution in [2.24, 2.45) is 0 Å². The molecule has 4 aromatic carbocycles. The van der Waals surface area contributed by atoms with Gasteiger partial charge in [0.1, 0.15) is 0 Å². The lowest BCUT2D eigenvalue weighted by atomic mass is 10.1. The highest BCUT2D eigenvalue weighted by Crippen LogP contribution is 2.21. The van der Waals surface area contributed by atoms with Crippen molar-refractivity contribution in [1.82, 2.24) is 0 Å². The first kappa shape index (κ1) is 23.3. The van der Waals surface area contributed by atoms with Crippen LogP contribution in [-0.4, -0.2) is 24.9 Å². The molecule has 2 amide bonds. The van der Waals surface area contributed by atoms with E-state index in [1.807, 2.05) is 42.5 Å². The highest BCUT2D eigenvalue weighted by molar-refractivity contribution is 6.12. The molecule has 4 aromatic rings. The first-order chi connectivity index (χ1) is 17.0. The Hall–Kier alpha value is -4.91. The number of amides is 2. The van der Waals surface area contributed by atoms with Crippen molar-refractivity contribution in [2.75, 3.05) is 23.1 Å². The summed E-state index contributed by atoms with van der Waals surface area (Å²) in [4.78, 5) is 37.3. The number of para-hydroxylation sites is 2. The standard InChI is InChI=1S/C28H23N3O4/c1-35-28(34)20-13-11-19(12-14-20)26(32)31-25-10-6-5-9-24(25)27(33)30-23-17-15-22(16-18-23)29-21-7-3-2-4-8-21/h2-18,29H,1H3,(H,30,33)(H,31,32). The maximum Gasteiger partial charge on any atom is 0.337 e. The monoisotopic (exact) mass is 465 g/mol. The minimum Gasteiger partial charge on any atom is -0.465 e. The first-order valence-corrected chi connectivity index (χ1v) is 10.9. The van der Waals surface area contributed by atoms with Crippen LogP contribution in [0.2, 0.25) is 0 Å². The molecule has 0 fully saturated rings. The van der Waals surface area contributed by atoms with Crippen molar-refractivity contribution in [1.29, 1.82) is 0 Å². The van der Waals surface area contributed by atoms with E-state index in [4.69, 9.17) is 0 Å². The fourth-order valence-corrected chi connectivity index (χ4v) is 3.38. The van der Waals surface area contributed by atoms with E-state index in [0.717, 1.165) is 11.4 Å². The van der Waals surface area contributed by atoms with E-state index < -0.39 is 11.9 Å². The van der Waals surface area contributed by atoms with Crippen LogP contribution in [0.4, 0.5) is 22.7 Å². The molecule has 0 aliphatic carbocycles. The Balaban J connectivity index is 1.43. The summed E-state index contributed by atoms with van der Waals surface area (Å²) in [6.07, 6.45) is 0. The maximum atomic E-state index is 13.0. The van der Waals surface area contributed by atoms with E-state index in [9.17, 15) is 14.4 Å². The highest BCUT2D eigenvalue weighted by atomic mass is 16.5. The fourth-order valence-electron chi connectivity index (χ4n) is 3.38. The molecule has 0 spiro atoms. The van der Waals surface area contributed by atoms with Gasteiger partial charge in [0.25, 0.3) is 11.8 Å². The lowest BCUT2D eigenvalue weighted by Gasteiger charge is -2.12. The zero-order valence-corrected chi connectivity index (χ0v) is 18.9. The Morgan fingerprint density at radius 3 is 1.83 bits per heavy atom. The van der Waals surface area contributed by atoms with Gasteiger partial charge >= 0.3 is 5.97 Å². The second kappa shape index (κ2) is 10.8. The second-order valence-corrected chi connectivity index (χ2v) is 7.59. The van der Waals surface area contributed by atoms with Crippen molar-refractivity contribution in [3.63, 3.8) is 0 Å². The Labute approximate surface area is 202 Å². The Morgan fingerprint density at radius 1 is 0.571 bits per heavy atom. The number of benzene rings is 4. The van der Waals surface area contributed by atoms with Crippen molar-refractivity contribution >= 4 is 40.5 Å². The first-order valence-electron chi connectivity index (χ1n) is 10.9. The number of rotatable bonds is 7. The second-order valence-electron chi connectivity index (χ2n) is 7.59. The van der Waals surface area contributed by atoms with Gasteiger partial charge in [-0.2, -0.15) is 0 Å². The molecule has 0 bridgehead atoms. The van der Waals surface area contributed by atoms with Crippen LogP contribution in [-0.2, 0) is 4.74 Å². The maximum absolute atomic E-state index is 13.0. The molecule has 7 heteroatoms. The third-order valence-electron chi connectivity index (χ3n) is 5.19. The Bertz CT molecular complexity index is 1340. The van der Waals surface area contributed by atoms with Gasteiger partial charge in [-0.05, 0) is 72.8 Å². The van der Waals surface area contributed by atoms with Gasteiger partial charge in [0, 0.05) is 22.6 Å². The molecule has 35 heavy (non-hydrogen) atoms. The smallest absolute Gasteiger partial charge is 0.337 e. The summed E-state index contributed by atoms with van der Waals surface area (Å²) < 4.78 is 4.67. The van der Waals surface area contributed by atoms with Gasteiger partial charge < -0.3 is 20.7 Å². The molecule has 0 aromatic heterocycles. The summed E-state index contributed by atoms with van der Waals surface area (Å²) in [7, 11) is 1.29. The predicted molar refractivity (Wildman–Crippen MR) is 136 cm³/mol. The summed E-state index contributed by atoms with van der Waals surface area (Å²) in [5.74, 6) is -1.24. The molecular weight excluding hydrogens is 442 g/mol. The average molecular weight is 466 g/mol. The van der Waals surface area contributed by atoms with E-state index in [1.165, 1.54) is 31.4 Å². The van der Waals surface area contributed by atoms with Gasteiger partial charge in [0.15, 0.2) is 0 Å². The summed E-state index contributed by atoms with van der Waals surface area (Å²) in [6.45, 7) is 0. The number of esters is 1. The van der Waals surface area contributed by atoms with Crippen LogP contribution in [0.25, 0.3) is 0 Å². The zero-order valence-electron chi connectivity index (χ0n) is 18.9. The summed E-state index contributed by atoms with van der Waals surface area (Å²) in [6, 6.07) is 29.9. The van der Waals surface area contributed by atoms with Crippen LogP contribution < -0.4 is 16.0 Å². The third kappa shape index (κ3) is 5.91. The van der Waals surface area contributed by atoms with Gasteiger partial charge in [-0.1, -0.05) is 30.3 Å². The largest absolute Gasteiger partial charge is 0.465 e. The quantitative estimate of drug-likeness (QED) is 0.303. The Kier molecular flexibility index (Phi) is 7.18. The molecule has 174 valence electrons. The molecule has 0 aliphatic rings. The lowest BCUT2D eigenvalue weighted by molar-refractivity contribution is 0.0600. The number of carbonyl (C=O) groups excluding carboxylic acids is 3. The predicted octanol–water partition coefficient (Wildman–Crippen LogP) is 5.72. The minimum atomic E-state index is -0.483. The topological polar surface area (TPSA) is 96.5 Å². The molecule has 0 radical (unpaired) electrons. The molecule has 0 unspecified atom stereocenters. The molecule has 0 saturated carbocycles. The number of carbonyl (C=O) groups is 3. The normalized spacial score (nSPS) is 10.2. The minimum absolute atomic E-state index is 0.318. The van der Waals surface area contributed by atoms with Gasteiger partial charge in [-0.15, -0.1) is 0 Å². The number of hydrogen-bond acceptors (Lipinski definition) is 5. The molecule has 0 atom stereocenters. The van der Waals surface area contributed by atoms with Crippen LogP contribution in [0, 0.1) is 0 Å². The molecule has 7 nitrogen and oxygen atoms in total. The van der Waals surface area contributed by atoms with Gasteiger partial charge in [-0.25, -0.2) is 4.79 Å². The lowest BCUT2D eigenvalue weighted by Crippen LogP contribution is -2.18. The molecule has 3 N–H and O–H groups in total. The van der Waals surface area contributed by atoms with Gasteiger partial charge in [-0.3, -0.25) is 9.59 Å². The van der Waals surface area contributed by atoms with Crippen LogP contribution in [0.15, 0.2) is 103 Å². The molecule has 0 aliphatic heterocycles. The number of ether oxygens (including phenoxy) is 1. The van der Waals surface area contributed by atoms with E-state index in [-0.39, 0.29) is 5.91 Å². The number of nitrogens with one attached hydrogen (secondary N) is 3. The highest BCUT2D eigenvalue weighted by Gasteiger charge is 2.15. The number of anilines is 4. The van der Waals surface area contributed by atoms with E-state index in [2.05, 4.69) is 20.7 Å². The summed E-state index contributed by atoms with van der Waals surface area (Å²) in [5.41, 5.74) is 3.85. The van der Waals surface area contributed by atoms with E-state index in [1.54, 1.807) is 36.4 Å². The van der Waals surface area contributed by atoms with Crippen molar-refractivity contribution in [3.8, 4) is 0 Å². The van der Waals surface area contributed by atoms with Crippen LogP contribution in [0.1, 0.15) is 31.1 Å². The SMILES string of the molecule is COC(=O)c1ccc(C(=O)Nc2ccccc2C(=O)Nc2ccc(Nc3ccccc3)cc2)cc1. The van der Waals surface area contributed by atoms with Crippen molar-refractivity contribution in [3.05, 3.63) is 120 Å². The van der Waals surface area contributed by atoms with Crippen molar-refractivity contribution in [2.45, 2.75) is 0 Å². The van der Waals surface area contributed by atoms with Crippen LogP contribution >= 0.6 is 0 Å². The van der Waals surface area contributed by atoms with E-state index >= 15 is 0 Å². The van der Waals surface area contributed by atoms with Gasteiger partial charge in [0.05, 0.1) is 23.9 Å². The molecule has 4 rings (SSSR count). The third-order valence-corrected chi connectivity index (χ3v) is 5.19. The van der Waals surface area contributed by atoms with Crippen LogP contribution in [0.5, 0.6) is 0 Å². The van der Waals surface area contributed by atoms with Crippen LogP contribution in [0.3, 0.4) is 0 Å². The Morgan fingerprint density at radius 2 is 1.14 bits per heavy atom. The molecule has 0 saturated heterocycles. The molecule has 0 heterocycles. The number of methoxy groups -OCH3 is 1. The summed E-state index contributed by atoms with van der Waals surface area (Å²) >= 11 is 0. The summed E-state index contributed by atoms with van der Waals surface area (Å²) in [5, 5.41) is 8.92. The van der Waals surface area contributed by atoms with Gasteiger partial charge in [0.2, 0.25) is 0 Å². The number of hydrogen-bond donors (Lipinski definition) is 3. The fraction of sp³-hybridized carbons (Fsp3) is 0.0357. The average Bonchev–Trinajstić information content (AvgIpc) is 2.90. The molecular formula is C28H23N3O4. The van der Waals surface area contributed by atoms with Crippen molar-refractivity contribution < 1.29 is 19.1 Å². The zero-order chi connectivity index (χ0) is 24.6.